The van der Waals surface area contributed by atoms with Gasteiger partial charge in [-0.05, 0) is 104 Å². The molecule has 4 aliphatic rings. The Hall–Kier alpha value is -0.700. The smallest absolute Gasteiger partial charge is 0.397 e. The molecule has 0 aromatic rings. The lowest BCUT2D eigenvalue weighted by Crippen LogP contribution is -2.58. The maximum atomic E-state index is 11.4. The summed E-state index contributed by atoms with van der Waals surface area (Å²) >= 11 is 0. The first-order valence-corrected chi connectivity index (χ1v) is 13.8. The van der Waals surface area contributed by atoms with Crippen LogP contribution in [0.3, 0.4) is 0 Å². The number of aliphatic carboxylic acids is 1. The quantitative estimate of drug-likeness (QED) is 0.493. The van der Waals surface area contributed by atoms with Gasteiger partial charge in [-0.25, -0.2) is 4.18 Å². The van der Waals surface area contributed by atoms with Gasteiger partial charge in [0.05, 0.1) is 12.2 Å². The van der Waals surface area contributed by atoms with E-state index in [0.717, 1.165) is 32.1 Å². The molecule has 0 bridgehead atoms. The Bertz CT molecular complexity index is 828. The SMILES string of the molecule is CC(CCC(=O)O)[C@H]1CC[C@H]2[C@@H]3[C@H](O)C[C@@H]4C[C@H](OS(=O)(=O)O)CC[C@]4(C)[C@H]3CC[C@]12C. The second kappa shape index (κ2) is 8.51. The highest BCUT2D eigenvalue weighted by Crippen LogP contribution is 2.68. The van der Waals surface area contributed by atoms with Crippen molar-refractivity contribution in [3.05, 3.63) is 0 Å². The van der Waals surface area contributed by atoms with Crippen molar-refractivity contribution >= 4 is 16.4 Å². The summed E-state index contributed by atoms with van der Waals surface area (Å²) in [5.74, 6) is 1.46. The number of aliphatic hydroxyl groups is 1. The number of rotatable bonds is 6. The predicted molar refractivity (Wildman–Crippen MR) is 119 cm³/mol. The molecule has 0 saturated heterocycles. The van der Waals surface area contributed by atoms with Crippen molar-refractivity contribution in [3.8, 4) is 0 Å². The van der Waals surface area contributed by atoms with Gasteiger partial charge in [0.1, 0.15) is 0 Å². The minimum Gasteiger partial charge on any atom is -0.481 e. The Morgan fingerprint density at radius 2 is 1.72 bits per heavy atom. The van der Waals surface area contributed by atoms with Crippen LogP contribution < -0.4 is 0 Å². The van der Waals surface area contributed by atoms with Gasteiger partial charge in [0, 0.05) is 6.42 Å². The van der Waals surface area contributed by atoms with E-state index in [0.29, 0.717) is 49.4 Å². The molecule has 0 heterocycles. The van der Waals surface area contributed by atoms with Crippen LogP contribution in [0.15, 0.2) is 0 Å². The van der Waals surface area contributed by atoms with E-state index in [4.69, 9.17) is 13.8 Å². The van der Waals surface area contributed by atoms with Gasteiger partial charge in [0.2, 0.25) is 0 Å². The zero-order valence-electron chi connectivity index (χ0n) is 19.6. The zero-order valence-corrected chi connectivity index (χ0v) is 20.4. The summed E-state index contributed by atoms with van der Waals surface area (Å²) in [6.07, 6.45) is 7.11. The number of aliphatic hydroxyl groups excluding tert-OH is 1. The lowest BCUT2D eigenvalue weighted by Gasteiger charge is -2.62. The fourth-order valence-electron chi connectivity index (χ4n) is 8.97. The van der Waals surface area contributed by atoms with Crippen LogP contribution in [0.25, 0.3) is 0 Å². The second-order valence-corrected chi connectivity index (χ2v) is 12.9. The summed E-state index contributed by atoms with van der Waals surface area (Å²) in [6.45, 7) is 6.93. The molecule has 4 fully saturated rings. The number of carbonyl (C=O) groups is 1. The normalized spacial score (nSPS) is 47.2. The molecule has 0 spiro atoms. The maximum Gasteiger partial charge on any atom is 0.397 e. The molecule has 8 heteroatoms. The highest BCUT2D eigenvalue weighted by Gasteiger charge is 2.63. The highest BCUT2D eigenvalue weighted by molar-refractivity contribution is 7.80. The lowest BCUT2D eigenvalue weighted by atomic mass is 9.43. The number of fused-ring (bicyclic) bond motifs is 5. The molecule has 184 valence electrons. The first-order valence-electron chi connectivity index (χ1n) is 12.4. The van der Waals surface area contributed by atoms with Crippen molar-refractivity contribution in [2.75, 3.05) is 0 Å². The molecule has 0 aromatic carbocycles. The number of carboxylic acid groups (broad SMARTS) is 1. The van der Waals surface area contributed by atoms with Gasteiger partial charge in [-0.15, -0.1) is 0 Å². The van der Waals surface area contributed by atoms with Gasteiger partial charge in [0.25, 0.3) is 0 Å². The molecule has 4 aliphatic carbocycles. The van der Waals surface area contributed by atoms with Crippen LogP contribution in [-0.4, -0.2) is 41.4 Å². The molecule has 0 radical (unpaired) electrons. The maximum absolute atomic E-state index is 11.4. The molecule has 3 N–H and O–H groups in total. The van der Waals surface area contributed by atoms with Crippen LogP contribution >= 0.6 is 0 Å². The van der Waals surface area contributed by atoms with E-state index in [9.17, 15) is 18.3 Å². The minimum atomic E-state index is -4.46. The van der Waals surface area contributed by atoms with E-state index in [-0.39, 0.29) is 29.1 Å². The fourth-order valence-corrected chi connectivity index (χ4v) is 9.49. The highest BCUT2D eigenvalue weighted by atomic mass is 32.3. The fraction of sp³-hybridized carbons (Fsp3) is 0.958. The van der Waals surface area contributed by atoms with Crippen molar-refractivity contribution in [2.45, 2.75) is 97.2 Å². The Morgan fingerprint density at radius 1 is 1.06 bits per heavy atom. The number of carboxylic acids is 1. The topological polar surface area (TPSA) is 121 Å². The van der Waals surface area contributed by atoms with E-state index in [1.807, 2.05) is 0 Å². The van der Waals surface area contributed by atoms with Crippen LogP contribution in [-0.2, 0) is 19.4 Å². The van der Waals surface area contributed by atoms with Crippen LogP contribution in [0, 0.1) is 46.3 Å². The minimum absolute atomic E-state index is 0.0529. The van der Waals surface area contributed by atoms with Gasteiger partial charge in [0.15, 0.2) is 0 Å². The third-order valence-electron chi connectivity index (χ3n) is 10.5. The summed E-state index contributed by atoms with van der Waals surface area (Å²) in [6, 6.07) is 0. The van der Waals surface area contributed by atoms with Crippen molar-refractivity contribution in [1.29, 1.82) is 0 Å². The molecule has 10 atom stereocenters. The van der Waals surface area contributed by atoms with E-state index in [1.54, 1.807) is 0 Å². The Morgan fingerprint density at radius 3 is 2.38 bits per heavy atom. The van der Waals surface area contributed by atoms with Crippen LogP contribution in [0.2, 0.25) is 0 Å². The van der Waals surface area contributed by atoms with Crippen LogP contribution in [0.1, 0.15) is 85.0 Å². The first kappa shape index (κ1) is 24.4. The third kappa shape index (κ3) is 4.25. The van der Waals surface area contributed by atoms with Gasteiger partial charge in [-0.1, -0.05) is 20.8 Å². The lowest BCUT2D eigenvalue weighted by molar-refractivity contribution is -0.172. The van der Waals surface area contributed by atoms with Gasteiger partial charge in [-0.3, -0.25) is 9.35 Å². The molecule has 32 heavy (non-hydrogen) atoms. The van der Waals surface area contributed by atoms with E-state index in [2.05, 4.69) is 20.8 Å². The summed E-state index contributed by atoms with van der Waals surface area (Å²) in [7, 11) is -4.46. The van der Waals surface area contributed by atoms with Gasteiger partial charge >= 0.3 is 16.4 Å². The van der Waals surface area contributed by atoms with Gasteiger partial charge in [-0.2, -0.15) is 8.42 Å². The number of hydrogen-bond donors (Lipinski definition) is 3. The third-order valence-corrected chi connectivity index (χ3v) is 11.0. The molecule has 1 unspecified atom stereocenters. The molecule has 4 saturated carbocycles. The van der Waals surface area contributed by atoms with E-state index in [1.165, 1.54) is 0 Å². The Kier molecular flexibility index (Phi) is 6.49. The molecule has 0 amide bonds. The van der Waals surface area contributed by atoms with E-state index >= 15 is 0 Å². The first-order chi connectivity index (χ1) is 14.8. The van der Waals surface area contributed by atoms with Crippen molar-refractivity contribution in [3.63, 3.8) is 0 Å². The molecular formula is C24H40O7S. The average molecular weight is 473 g/mol. The van der Waals surface area contributed by atoms with E-state index < -0.39 is 28.6 Å². The Labute approximate surface area is 192 Å². The standard InChI is InChI=1S/C24H40O7S/c1-14(4-7-21(26)27)17-5-6-18-22-19(9-11-24(17,18)3)23(2)10-8-16(31-32(28,29)30)12-15(23)13-20(22)25/h14-20,22,25H,4-13H2,1-3H3,(H,26,27)(H,28,29,30)/t14?,15-,16+,17+,18-,19-,20+,22-,23-,24+/m0/s1. The number of hydrogen-bond acceptors (Lipinski definition) is 5. The van der Waals surface area contributed by atoms with Crippen molar-refractivity contribution < 1.29 is 32.2 Å². The molecular weight excluding hydrogens is 432 g/mol. The van der Waals surface area contributed by atoms with Crippen molar-refractivity contribution in [1.82, 2.24) is 0 Å². The molecule has 0 aromatic heterocycles. The molecule has 7 nitrogen and oxygen atoms in total. The van der Waals surface area contributed by atoms with Crippen molar-refractivity contribution in [2.24, 2.45) is 46.3 Å². The Balaban J connectivity index is 1.52. The largest absolute Gasteiger partial charge is 0.481 e. The monoisotopic (exact) mass is 472 g/mol. The summed E-state index contributed by atoms with van der Waals surface area (Å²) in [5, 5.41) is 20.5. The zero-order chi connectivity index (χ0) is 23.5. The van der Waals surface area contributed by atoms with Gasteiger partial charge < -0.3 is 10.2 Å². The van der Waals surface area contributed by atoms with Crippen LogP contribution in [0.4, 0.5) is 0 Å². The average Bonchev–Trinajstić information content (AvgIpc) is 3.03. The van der Waals surface area contributed by atoms with Crippen LogP contribution in [0.5, 0.6) is 0 Å². The summed E-state index contributed by atoms with van der Waals surface area (Å²) in [4.78, 5) is 11.1. The molecule has 0 aliphatic heterocycles. The predicted octanol–water partition coefficient (Wildman–Crippen LogP) is 4.31. The molecule has 4 rings (SSSR count). The summed E-state index contributed by atoms with van der Waals surface area (Å²) in [5.41, 5.74) is 0.200. The second-order valence-electron chi connectivity index (χ2n) is 11.9. The summed E-state index contributed by atoms with van der Waals surface area (Å²) < 4.78 is 36.4.